The molecular formula is C12H16N2O2S. The molecule has 0 spiro atoms. The molecule has 0 atom stereocenters. The second-order valence-corrected chi connectivity index (χ2v) is 6.47. The van der Waals surface area contributed by atoms with E-state index in [-0.39, 0.29) is 6.04 Å². The van der Waals surface area contributed by atoms with E-state index in [1.165, 1.54) is 5.56 Å². The summed E-state index contributed by atoms with van der Waals surface area (Å²) in [6.07, 6.45) is 2.91. The van der Waals surface area contributed by atoms with Gasteiger partial charge in [0.25, 0.3) is 0 Å². The lowest BCUT2D eigenvalue weighted by atomic mass is 10.0. The molecule has 4 nitrogen and oxygen atoms in total. The van der Waals surface area contributed by atoms with E-state index >= 15 is 0 Å². The summed E-state index contributed by atoms with van der Waals surface area (Å²) in [5, 5.41) is 3.26. The summed E-state index contributed by atoms with van der Waals surface area (Å²) in [6.45, 7) is 1.74. The zero-order chi connectivity index (χ0) is 11.9. The first-order valence-electron chi connectivity index (χ1n) is 6.00. The minimum atomic E-state index is -3.31. The van der Waals surface area contributed by atoms with E-state index in [1.807, 2.05) is 6.07 Å². The Balaban J connectivity index is 1.92. The smallest absolute Gasteiger partial charge is 0.240 e. The quantitative estimate of drug-likeness (QED) is 0.835. The summed E-state index contributed by atoms with van der Waals surface area (Å²) in [6, 6.07) is 5.62. The fourth-order valence-corrected chi connectivity index (χ4v) is 3.47. The largest absolute Gasteiger partial charge is 0.312 e. The molecule has 0 saturated heterocycles. The number of rotatable bonds is 3. The van der Waals surface area contributed by atoms with E-state index in [4.69, 9.17) is 0 Å². The average molecular weight is 252 g/mol. The molecule has 2 N–H and O–H groups in total. The molecule has 1 aliphatic heterocycles. The Kier molecular flexibility index (Phi) is 2.69. The van der Waals surface area contributed by atoms with Gasteiger partial charge in [0.15, 0.2) is 0 Å². The van der Waals surface area contributed by atoms with Crippen LogP contribution in [0.2, 0.25) is 0 Å². The van der Waals surface area contributed by atoms with Crippen LogP contribution in [-0.2, 0) is 23.0 Å². The predicted molar refractivity (Wildman–Crippen MR) is 65.2 cm³/mol. The maximum absolute atomic E-state index is 12.0. The number of hydrogen-bond donors (Lipinski definition) is 2. The molecule has 1 saturated carbocycles. The Morgan fingerprint density at radius 3 is 2.82 bits per heavy atom. The van der Waals surface area contributed by atoms with E-state index in [0.717, 1.165) is 37.9 Å². The molecule has 1 fully saturated rings. The van der Waals surface area contributed by atoms with Crippen LogP contribution >= 0.6 is 0 Å². The highest BCUT2D eigenvalue weighted by molar-refractivity contribution is 7.89. The fourth-order valence-electron chi connectivity index (χ4n) is 2.11. The van der Waals surface area contributed by atoms with Crippen LogP contribution in [0.15, 0.2) is 23.1 Å². The molecule has 2 aliphatic rings. The summed E-state index contributed by atoms with van der Waals surface area (Å²) in [5.74, 6) is 0. The van der Waals surface area contributed by atoms with Gasteiger partial charge in [-0.3, -0.25) is 0 Å². The highest BCUT2D eigenvalue weighted by Gasteiger charge is 2.28. The van der Waals surface area contributed by atoms with Crippen molar-refractivity contribution in [3.8, 4) is 0 Å². The monoisotopic (exact) mass is 252 g/mol. The summed E-state index contributed by atoms with van der Waals surface area (Å²) in [7, 11) is -3.31. The standard InChI is InChI=1S/C12H16N2O2S/c15-17(16,14-11-2-3-11)12-4-1-9-5-6-13-8-10(9)7-12/h1,4,7,11,13-14H,2-3,5-6,8H2. The average Bonchev–Trinajstić information content (AvgIpc) is 3.11. The fraction of sp³-hybridized carbons (Fsp3) is 0.500. The molecule has 0 aromatic heterocycles. The van der Waals surface area contributed by atoms with Crippen LogP contribution < -0.4 is 10.0 Å². The van der Waals surface area contributed by atoms with Crippen LogP contribution in [-0.4, -0.2) is 21.0 Å². The van der Waals surface area contributed by atoms with Gasteiger partial charge < -0.3 is 5.32 Å². The number of hydrogen-bond acceptors (Lipinski definition) is 3. The third-order valence-electron chi connectivity index (χ3n) is 3.27. The van der Waals surface area contributed by atoms with Crippen LogP contribution in [0, 0.1) is 0 Å². The van der Waals surface area contributed by atoms with Gasteiger partial charge in [-0.2, -0.15) is 0 Å². The molecule has 0 radical (unpaired) electrons. The second kappa shape index (κ2) is 4.08. The highest BCUT2D eigenvalue weighted by atomic mass is 32.2. The van der Waals surface area contributed by atoms with Crippen LogP contribution in [0.1, 0.15) is 24.0 Å². The molecule has 1 aromatic rings. The normalized spacial score (nSPS) is 20.0. The molecule has 1 aromatic carbocycles. The lowest BCUT2D eigenvalue weighted by molar-refractivity contribution is 0.580. The molecular weight excluding hydrogens is 236 g/mol. The Bertz CT molecular complexity index is 535. The topological polar surface area (TPSA) is 58.2 Å². The minimum absolute atomic E-state index is 0.161. The van der Waals surface area contributed by atoms with Crippen LogP contribution in [0.4, 0.5) is 0 Å². The summed E-state index contributed by atoms with van der Waals surface area (Å²) < 4.78 is 26.8. The van der Waals surface area contributed by atoms with Gasteiger partial charge in [0.05, 0.1) is 4.90 Å². The number of nitrogens with one attached hydrogen (secondary N) is 2. The highest BCUT2D eigenvalue weighted by Crippen LogP contribution is 2.24. The molecule has 1 aliphatic carbocycles. The number of fused-ring (bicyclic) bond motifs is 1. The second-order valence-electron chi connectivity index (χ2n) is 4.75. The van der Waals surface area contributed by atoms with Gasteiger partial charge in [-0.1, -0.05) is 6.07 Å². The van der Waals surface area contributed by atoms with Gasteiger partial charge >= 0.3 is 0 Å². The van der Waals surface area contributed by atoms with E-state index in [2.05, 4.69) is 10.0 Å². The summed E-state index contributed by atoms with van der Waals surface area (Å²) in [4.78, 5) is 0.395. The predicted octanol–water partition coefficient (Wildman–Crippen LogP) is 0.773. The van der Waals surface area contributed by atoms with E-state index in [1.54, 1.807) is 12.1 Å². The number of sulfonamides is 1. The van der Waals surface area contributed by atoms with Crippen LogP contribution in [0.3, 0.4) is 0 Å². The van der Waals surface area contributed by atoms with Crippen molar-refractivity contribution < 1.29 is 8.42 Å². The summed E-state index contributed by atoms with van der Waals surface area (Å²) in [5.41, 5.74) is 2.36. The van der Waals surface area contributed by atoms with Crippen molar-refractivity contribution in [2.75, 3.05) is 6.54 Å². The third kappa shape index (κ3) is 2.36. The number of benzene rings is 1. The van der Waals surface area contributed by atoms with Crippen molar-refractivity contribution in [1.29, 1.82) is 0 Å². The first-order valence-corrected chi connectivity index (χ1v) is 7.48. The van der Waals surface area contributed by atoms with Gasteiger partial charge in [0.1, 0.15) is 0 Å². The maximum Gasteiger partial charge on any atom is 0.240 e. The van der Waals surface area contributed by atoms with Crippen molar-refractivity contribution in [2.45, 2.75) is 36.7 Å². The van der Waals surface area contributed by atoms with Gasteiger partial charge in [0.2, 0.25) is 10.0 Å². The Hall–Kier alpha value is -0.910. The SMILES string of the molecule is O=S(=O)(NC1CC1)c1ccc2c(c1)CNCC2. The zero-order valence-corrected chi connectivity index (χ0v) is 10.4. The zero-order valence-electron chi connectivity index (χ0n) is 9.57. The van der Waals surface area contributed by atoms with Crippen molar-refractivity contribution in [1.82, 2.24) is 10.0 Å². The molecule has 17 heavy (non-hydrogen) atoms. The van der Waals surface area contributed by atoms with Gasteiger partial charge in [-0.15, -0.1) is 0 Å². The minimum Gasteiger partial charge on any atom is -0.312 e. The van der Waals surface area contributed by atoms with E-state index in [0.29, 0.717) is 4.90 Å². The van der Waals surface area contributed by atoms with Gasteiger partial charge in [-0.05, 0) is 49.1 Å². The molecule has 0 amide bonds. The van der Waals surface area contributed by atoms with Gasteiger partial charge in [0, 0.05) is 12.6 Å². The van der Waals surface area contributed by atoms with Crippen molar-refractivity contribution in [2.24, 2.45) is 0 Å². The van der Waals surface area contributed by atoms with Crippen molar-refractivity contribution in [3.63, 3.8) is 0 Å². The molecule has 3 rings (SSSR count). The lowest BCUT2D eigenvalue weighted by Gasteiger charge is -2.18. The van der Waals surface area contributed by atoms with Gasteiger partial charge in [-0.25, -0.2) is 13.1 Å². The third-order valence-corrected chi connectivity index (χ3v) is 4.79. The molecule has 0 unspecified atom stereocenters. The van der Waals surface area contributed by atoms with Crippen molar-refractivity contribution in [3.05, 3.63) is 29.3 Å². The van der Waals surface area contributed by atoms with Crippen molar-refractivity contribution >= 4 is 10.0 Å². The van der Waals surface area contributed by atoms with Crippen LogP contribution in [0.25, 0.3) is 0 Å². The maximum atomic E-state index is 12.0. The molecule has 92 valence electrons. The Labute approximate surface area is 101 Å². The molecule has 5 heteroatoms. The first kappa shape index (κ1) is 11.2. The first-order chi connectivity index (χ1) is 8.15. The van der Waals surface area contributed by atoms with E-state index < -0.39 is 10.0 Å². The van der Waals surface area contributed by atoms with E-state index in [9.17, 15) is 8.42 Å². The Morgan fingerprint density at radius 1 is 1.24 bits per heavy atom. The Morgan fingerprint density at radius 2 is 2.06 bits per heavy atom. The summed E-state index contributed by atoms with van der Waals surface area (Å²) >= 11 is 0. The molecule has 1 heterocycles. The lowest BCUT2D eigenvalue weighted by Crippen LogP contribution is -2.27. The van der Waals surface area contributed by atoms with Crippen LogP contribution in [0.5, 0.6) is 0 Å². The molecule has 0 bridgehead atoms.